The Morgan fingerprint density at radius 3 is 2.04 bits per heavy atom. The molecule has 0 bridgehead atoms. The average Bonchev–Trinajstić information content (AvgIpc) is 3.31. The number of ether oxygens (including phenoxy) is 6. The van der Waals surface area contributed by atoms with Crippen LogP contribution in [0.1, 0.15) is 61.1 Å². The largest absolute Gasteiger partial charge is 0.510 e. The normalized spacial score (nSPS) is 20.3. The van der Waals surface area contributed by atoms with Crippen molar-refractivity contribution in [1.82, 2.24) is 9.13 Å². The first-order valence-corrected chi connectivity index (χ1v) is 16.1. The monoisotopic (exact) mass is 699 g/mol. The number of hydrogen-bond donors (Lipinski definition) is 1. The molecule has 1 saturated heterocycles. The summed E-state index contributed by atoms with van der Waals surface area (Å²) in [6.07, 6.45) is -3.51. The van der Waals surface area contributed by atoms with Crippen LogP contribution in [0, 0.1) is 11.8 Å². The fourth-order valence-corrected chi connectivity index (χ4v) is 5.02. The van der Waals surface area contributed by atoms with Crippen LogP contribution in [0.2, 0.25) is 0 Å². The summed E-state index contributed by atoms with van der Waals surface area (Å²) >= 11 is 0. The highest BCUT2D eigenvalue weighted by Crippen LogP contribution is 2.52. The van der Waals surface area contributed by atoms with E-state index >= 15 is 0 Å². The van der Waals surface area contributed by atoms with E-state index in [4.69, 9.17) is 38.3 Å². The Balaban J connectivity index is 2.21. The molecule has 1 aliphatic rings. The summed E-state index contributed by atoms with van der Waals surface area (Å²) < 4.78 is 74.8. The molecule has 0 radical (unpaired) electrons. The van der Waals surface area contributed by atoms with Gasteiger partial charge in [0.25, 0.3) is 5.56 Å². The fourth-order valence-electron chi connectivity index (χ4n) is 4.04. The van der Waals surface area contributed by atoms with E-state index in [1.54, 1.807) is 48.5 Å². The van der Waals surface area contributed by atoms with Gasteiger partial charge in [-0.2, -0.15) is 0 Å². The van der Waals surface area contributed by atoms with Crippen LogP contribution in [-0.2, 0) is 58.1 Å². The Morgan fingerprint density at radius 2 is 1.55 bits per heavy atom. The maximum absolute atomic E-state index is 14.6. The van der Waals surface area contributed by atoms with E-state index in [2.05, 4.69) is 9.47 Å². The second-order valence-electron chi connectivity index (χ2n) is 11.5. The van der Waals surface area contributed by atoms with Gasteiger partial charge in [-0.25, -0.2) is 37.0 Å². The lowest BCUT2D eigenvalue weighted by Gasteiger charge is -2.28. The number of nitrogens with two attached hydrogens (primary N) is 1. The molecule has 20 heteroatoms. The zero-order chi connectivity index (χ0) is 35.5. The summed E-state index contributed by atoms with van der Waals surface area (Å²) in [4.78, 5) is 61.2. The van der Waals surface area contributed by atoms with Gasteiger partial charge in [-0.3, -0.25) is 18.7 Å². The number of hydrogen-bond acceptors (Lipinski definition) is 16. The molecule has 0 saturated carbocycles. The lowest BCUT2D eigenvalue weighted by atomic mass is 9.96. The molecule has 18 nitrogen and oxygen atoms in total. The summed E-state index contributed by atoms with van der Waals surface area (Å²) in [5, 5.41) is 0. The van der Waals surface area contributed by atoms with Crippen molar-refractivity contribution in [3.63, 3.8) is 0 Å². The Morgan fingerprint density at radius 1 is 1.00 bits per heavy atom. The molecule has 2 heterocycles. The highest BCUT2D eigenvalue weighted by atomic mass is 31.2. The van der Waals surface area contributed by atoms with Gasteiger partial charge >= 0.3 is 31.8 Å². The van der Waals surface area contributed by atoms with Gasteiger partial charge in [0.15, 0.2) is 6.73 Å². The van der Waals surface area contributed by atoms with Gasteiger partial charge in [-0.1, -0.05) is 20.8 Å². The molecule has 1 aromatic heterocycles. The van der Waals surface area contributed by atoms with Gasteiger partial charge in [0, 0.05) is 18.2 Å². The predicted octanol–water partition coefficient (Wildman–Crippen LogP) is 2.95. The molecule has 1 aromatic rings. The van der Waals surface area contributed by atoms with Crippen LogP contribution in [-0.4, -0.2) is 78.1 Å². The van der Waals surface area contributed by atoms with Crippen molar-refractivity contribution in [1.29, 1.82) is 0 Å². The predicted molar refractivity (Wildman–Crippen MR) is 157 cm³/mol. The van der Waals surface area contributed by atoms with E-state index in [-0.39, 0.29) is 12.3 Å². The van der Waals surface area contributed by atoms with Crippen LogP contribution in [0.4, 0.5) is 14.0 Å². The van der Waals surface area contributed by atoms with E-state index in [0.717, 1.165) is 16.8 Å². The third-order valence-electron chi connectivity index (χ3n) is 6.42. The first-order chi connectivity index (χ1) is 21.9. The lowest BCUT2D eigenvalue weighted by Crippen LogP contribution is -2.44. The number of carbonyl (C=O) groups is 3. The smallest absolute Gasteiger partial charge is 0.442 e. The number of rotatable bonds is 17. The molecule has 1 fully saturated rings. The highest BCUT2D eigenvalue weighted by Gasteiger charge is 2.48. The van der Waals surface area contributed by atoms with Crippen LogP contribution in [0.5, 0.6) is 0 Å². The first kappa shape index (κ1) is 39.8. The van der Waals surface area contributed by atoms with Crippen molar-refractivity contribution in [2.45, 2.75) is 91.7 Å². The molecule has 0 aliphatic carbocycles. The summed E-state index contributed by atoms with van der Waals surface area (Å²) in [6.45, 7) is 6.53. The SMILES string of the molecule is CC(C)OC(=O)OCOP(=O)(OCOC(=O)OC(C)C)OCC1(CF)CC(C)C(n2ccc(=O)n(COC(=O)C(N)C(C)C)c2=O)O1. The Kier molecular flexibility index (Phi) is 15.0. The van der Waals surface area contributed by atoms with Crippen LogP contribution in [0.15, 0.2) is 21.9 Å². The topological polar surface area (TPSA) is 221 Å². The first-order valence-electron chi connectivity index (χ1n) is 14.6. The zero-order valence-corrected chi connectivity index (χ0v) is 28.2. The maximum atomic E-state index is 14.6. The quantitative estimate of drug-likeness (QED) is 0.107. The molecule has 4 atom stereocenters. The molecule has 0 spiro atoms. The van der Waals surface area contributed by atoms with Gasteiger partial charge < -0.3 is 34.2 Å². The number of phosphoric ester groups is 1. The molecular formula is C27H43FN3O15P. The minimum Gasteiger partial charge on any atom is -0.442 e. The molecule has 4 unspecified atom stereocenters. The Bertz CT molecular complexity index is 1350. The second-order valence-corrected chi connectivity index (χ2v) is 13.1. The summed E-state index contributed by atoms with van der Waals surface area (Å²) in [7, 11) is -4.76. The second kappa shape index (κ2) is 17.7. The third-order valence-corrected chi connectivity index (χ3v) is 7.70. The van der Waals surface area contributed by atoms with Crippen molar-refractivity contribution in [3.05, 3.63) is 33.1 Å². The van der Waals surface area contributed by atoms with Crippen molar-refractivity contribution >= 4 is 26.1 Å². The standard InChI is InChI=1S/C27H43FN3O15P/c1-16(2)21(29)23(33)38-13-31-20(32)8-9-30(24(31)34)22-19(7)10-27(11-28,46-22)12-41-47(37,42-14-39-25(35)44-17(3)4)43-15-40-26(36)45-18(5)6/h8-9,16-19,21-22H,10-15,29H2,1-7H3. The van der Waals surface area contributed by atoms with Crippen molar-refractivity contribution in [2.75, 3.05) is 26.9 Å². The van der Waals surface area contributed by atoms with E-state index in [1.165, 1.54) is 0 Å². The van der Waals surface area contributed by atoms with Gasteiger partial charge in [-0.05, 0) is 40.0 Å². The van der Waals surface area contributed by atoms with Crippen molar-refractivity contribution in [3.8, 4) is 0 Å². The number of phosphoric acid groups is 1. The minimum atomic E-state index is -4.76. The van der Waals surface area contributed by atoms with Gasteiger partial charge in [0.1, 0.15) is 24.5 Å². The highest BCUT2D eigenvalue weighted by molar-refractivity contribution is 7.48. The number of aromatic nitrogens is 2. The minimum absolute atomic E-state index is 0.0909. The molecule has 268 valence electrons. The lowest BCUT2D eigenvalue weighted by molar-refractivity contribution is -0.150. The molecule has 0 aromatic carbocycles. The number of alkyl halides is 1. The van der Waals surface area contributed by atoms with E-state index < -0.39 is 107 Å². The Labute approximate surface area is 270 Å². The van der Waals surface area contributed by atoms with Crippen LogP contribution >= 0.6 is 7.82 Å². The molecule has 0 amide bonds. The molecule has 2 rings (SSSR count). The maximum Gasteiger partial charge on any atom is 0.510 e. The molecular weight excluding hydrogens is 656 g/mol. The fraction of sp³-hybridized carbons (Fsp3) is 0.741. The zero-order valence-electron chi connectivity index (χ0n) is 27.3. The van der Waals surface area contributed by atoms with Crippen molar-refractivity contribution < 1.29 is 65.3 Å². The van der Waals surface area contributed by atoms with E-state index in [0.29, 0.717) is 4.57 Å². The number of esters is 1. The summed E-state index contributed by atoms with van der Waals surface area (Å²) in [6, 6.07) is 0.0502. The average molecular weight is 700 g/mol. The van der Waals surface area contributed by atoms with Crippen LogP contribution in [0.3, 0.4) is 0 Å². The van der Waals surface area contributed by atoms with Gasteiger partial charge in [0.05, 0.1) is 18.8 Å². The number of carbonyl (C=O) groups excluding carboxylic acids is 3. The van der Waals surface area contributed by atoms with E-state index in [1.807, 2.05) is 0 Å². The third kappa shape index (κ3) is 12.0. The number of halogens is 1. The van der Waals surface area contributed by atoms with E-state index in [9.17, 15) is 32.9 Å². The summed E-state index contributed by atoms with van der Waals surface area (Å²) in [5.74, 6) is -1.66. The Hall–Kier alpha value is -3.35. The van der Waals surface area contributed by atoms with Gasteiger partial charge in [0.2, 0.25) is 13.6 Å². The van der Waals surface area contributed by atoms with Gasteiger partial charge in [-0.15, -0.1) is 0 Å². The van der Waals surface area contributed by atoms with Crippen LogP contribution < -0.4 is 17.0 Å². The van der Waals surface area contributed by atoms with Crippen molar-refractivity contribution in [2.24, 2.45) is 17.6 Å². The summed E-state index contributed by atoms with van der Waals surface area (Å²) in [5.41, 5.74) is 2.23. The molecule has 1 aliphatic heterocycles. The van der Waals surface area contributed by atoms with Crippen LogP contribution in [0.25, 0.3) is 0 Å². The number of nitrogens with zero attached hydrogens (tertiary/aromatic N) is 2. The molecule has 2 N–H and O–H groups in total. The molecule has 47 heavy (non-hydrogen) atoms.